The lowest BCUT2D eigenvalue weighted by Gasteiger charge is -2.24. The predicted octanol–water partition coefficient (Wildman–Crippen LogP) is 0.961. The second-order valence-corrected chi connectivity index (χ2v) is 7.35. The lowest BCUT2D eigenvalue weighted by molar-refractivity contribution is -0.134. The molecule has 136 valence electrons. The Hall–Kier alpha value is -1.73. The third kappa shape index (κ3) is 4.46. The van der Waals surface area contributed by atoms with Gasteiger partial charge < -0.3 is 14.5 Å². The highest BCUT2D eigenvalue weighted by molar-refractivity contribution is 7.99. The highest BCUT2D eigenvalue weighted by atomic mass is 32.2. The summed E-state index contributed by atoms with van der Waals surface area (Å²) in [5, 5.41) is 3.23. The summed E-state index contributed by atoms with van der Waals surface area (Å²) in [6.45, 7) is 2.63. The fourth-order valence-electron chi connectivity index (χ4n) is 3.29. The second-order valence-electron chi connectivity index (χ2n) is 6.32. The summed E-state index contributed by atoms with van der Waals surface area (Å²) in [5.74, 6) is 2.68. The number of para-hydroxylation sites is 1. The molecular weight excluding hydrogens is 338 g/mol. The fourth-order valence-corrected chi connectivity index (χ4v) is 4.22. The molecule has 2 heterocycles. The van der Waals surface area contributed by atoms with Gasteiger partial charge in [0.2, 0.25) is 11.8 Å². The van der Waals surface area contributed by atoms with Crippen molar-refractivity contribution in [2.75, 3.05) is 44.9 Å². The molecule has 6 nitrogen and oxygen atoms in total. The third-order valence-electron chi connectivity index (χ3n) is 4.71. The molecule has 0 spiro atoms. The second kappa shape index (κ2) is 8.58. The summed E-state index contributed by atoms with van der Waals surface area (Å²) in [6.07, 6.45) is 1.15. The lowest BCUT2D eigenvalue weighted by atomic mass is 10.1. The first-order valence-electron chi connectivity index (χ1n) is 8.68. The van der Waals surface area contributed by atoms with E-state index in [9.17, 15) is 9.59 Å². The van der Waals surface area contributed by atoms with Gasteiger partial charge >= 0.3 is 0 Å². The Balaban J connectivity index is 1.57. The molecular formula is C18H25N3O3S. The Morgan fingerprint density at radius 2 is 1.96 bits per heavy atom. The average Bonchev–Trinajstić information content (AvgIpc) is 3.06. The predicted molar refractivity (Wildman–Crippen MR) is 98.7 cm³/mol. The molecule has 0 aliphatic carbocycles. The quantitative estimate of drug-likeness (QED) is 0.863. The molecule has 0 aromatic heterocycles. The molecule has 2 amide bonds. The van der Waals surface area contributed by atoms with E-state index in [-0.39, 0.29) is 17.9 Å². The SMILES string of the molecule is COc1ccccc1CC(=O)N1CCCN(C(=O)C2CSCN2)CC1. The van der Waals surface area contributed by atoms with Gasteiger partial charge in [-0.15, -0.1) is 11.8 Å². The molecule has 25 heavy (non-hydrogen) atoms. The first kappa shape index (κ1) is 18.1. The smallest absolute Gasteiger partial charge is 0.240 e. The maximum Gasteiger partial charge on any atom is 0.240 e. The Kier molecular flexibility index (Phi) is 6.20. The van der Waals surface area contributed by atoms with Crippen LogP contribution in [0.25, 0.3) is 0 Å². The Bertz CT molecular complexity index is 619. The molecule has 2 aliphatic heterocycles. The largest absolute Gasteiger partial charge is 0.496 e. The molecule has 2 aliphatic rings. The summed E-state index contributed by atoms with van der Waals surface area (Å²) in [4.78, 5) is 29.0. The number of amides is 2. The minimum atomic E-state index is -0.0687. The van der Waals surface area contributed by atoms with E-state index < -0.39 is 0 Å². The van der Waals surface area contributed by atoms with Gasteiger partial charge in [0.15, 0.2) is 0 Å². The van der Waals surface area contributed by atoms with Crippen LogP contribution in [0.2, 0.25) is 0 Å². The van der Waals surface area contributed by atoms with Gasteiger partial charge in [0, 0.05) is 43.4 Å². The van der Waals surface area contributed by atoms with Crippen LogP contribution in [0.5, 0.6) is 5.75 Å². The van der Waals surface area contributed by atoms with Crippen molar-refractivity contribution >= 4 is 23.6 Å². The van der Waals surface area contributed by atoms with Gasteiger partial charge in [-0.1, -0.05) is 18.2 Å². The van der Waals surface area contributed by atoms with Gasteiger partial charge in [-0.05, 0) is 12.5 Å². The van der Waals surface area contributed by atoms with Gasteiger partial charge in [0.05, 0.1) is 19.6 Å². The van der Waals surface area contributed by atoms with Crippen LogP contribution in [-0.2, 0) is 16.0 Å². The van der Waals surface area contributed by atoms with Gasteiger partial charge in [-0.25, -0.2) is 0 Å². The zero-order chi connectivity index (χ0) is 17.6. The Morgan fingerprint density at radius 1 is 1.20 bits per heavy atom. The van der Waals surface area contributed by atoms with Crippen LogP contribution in [0.15, 0.2) is 24.3 Å². The van der Waals surface area contributed by atoms with Crippen molar-refractivity contribution in [2.24, 2.45) is 0 Å². The molecule has 2 saturated heterocycles. The summed E-state index contributed by atoms with van der Waals surface area (Å²) >= 11 is 1.75. The number of ether oxygens (including phenoxy) is 1. The normalized spacial score (nSPS) is 21.1. The Labute approximate surface area is 152 Å². The van der Waals surface area contributed by atoms with E-state index in [1.54, 1.807) is 18.9 Å². The number of benzene rings is 1. The van der Waals surface area contributed by atoms with Crippen molar-refractivity contribution in [3.63, 3.8) is 0 Å². The van der Waals surface area contributed by atoms with E-state index in [4.69, 9.17) is 4.74 Å². The summed E-state index contributed by atoms with van der Waals surface area (Å²) in [5.41, 5.74) is 0.902. The maximum atomic E-state index is 12.7. The number of nitrogens with zero attached hydrogens (tertiary/aromatic N) is 2. The first-order chi connectivity index (χ1) is 12.2. The van der Waals surface area contributed by atoms with Gasteiger partial charge in [-0.3, -0.25) is 14.9 Å². The number of carbonyl (C=O) groups excluding carboxylic acids is 2. The number of thioether (sulfide) groups is 1. The van der Waals surface area contributed by atoms with Crippen LogP contribution in [0.3, 0.4) is 0 Å². The van der Waals surface area contributed by atoms with Crippen LogP contribution in [-0.4, -0.2) is 72.6 Å². The van der Waals surface area contributed by atoms with Crippen LogP contribution in [0.4, 0.5) is 0 Å². The van der Waals surface area contributed by atoms with Gasteiger partial charge in [0.1, 0.15) is 5.75 Å². The van der Waals surface area contributed by atoms with Crippen molar-refractivity contribution in [1.29, 1.82) is 0 Å². The molecule has 1 N–H and O–H groups in total. The van der Waals surface area contributed by atoms with E-state index in [0.29, 0.717) is 26.1 Å². The topological polar surface area (TPSA) is 61.9 Å². The number of hydrogen-bond acceptors (Lipinski definition) is 5. The van der Waals surface area contributed by atoms with E-state index in [0.717, 1.165) is 35.9 Å². The maximum absolute atomic E-state index is 12.7. The zero-order valence-corrected chi connectivity index (χ0v) is 15.4. The van der Waals surface area contributed by atoms with Crippen molar-refractivity contribution in [2.45, 2.75) is 18.9 Å². The monoisotopic (exact) mass is 363 g/mol. The van der Waals surface area contributed by atoms with Crippen molar-refractivity contribution in [3.05, 3.63) is 29.8 Å². The fraction of sp³-hybridized carbons (Fsp3) is 0.556. The van der Waals surface area contributed by atoms with E-state index in [1.807, 2.05) is 34.1 Å². The summed E-state index contributed by atoms with van der Waals surface area (Å²) in [7, 11) is 1.62. The molecule has 1 aromatic carbocycles. The molecule has 2 fully saturated rings. The number of nitrogens with one attached hydrogen (secondary N) is 1. The number of rotatable bonds is 4. The molecule has 1 atom stereocenters. The Morgan fingerprint density at radius 3 is 2.72 bits per heavy atom. The highest BCUT2D eigenvalue weighted by Crippen LogP contribution is 2.19. The van der Waals surface area contributed by atoms with Gasteiger partial charge in [-0.2, -0.15) is 0 Å². The van der Waals surface area contributed by atoms with Crippen molar-refractivity contribution < 1.29 is 14.3 Å². The number of methoxy groups -OCH3 is 1. The minimum absolute atomic E-state index is 0.0687. The highest BCUT2D eigenvalue weighted by Gasteiger charge is 2.29. The van der Waals surface area contributed by atoms with Gasteiger partial charge in [0.25, 0.3) is 0 Å². The molecule has 0 saturated carbocycles. The molecule has 0 radical (unpaired) electrons. The van der Waals surface area contributed by atoms with Crippen LogP contribution in [0, 0.1) is 0 Å². The molecule has 0 bridgehead atoms. The van der Waals surface area contributed by atoms with E-state index in [1.165, 1.54) is 0 Å². The molecule has 7 heteroatoms. The number of hydrogen-bond donors (Lipinski definition) is 1. The molecule has 1 unspecified atom stereocenters. The zero-order valence-electron chi connectivity index (χ0n) is 14.6. The van der Waals surface area contributed by atoms with Crippen molar-refractivity contribution in [3.8, 4) is 5.75 Å². The van der Waals surface area contributed by atoms with Crippen molar-refractivity contribution in [1.82, 2.24) is 15.1 Å². The number of carbonyl (C=O) groups is 2. The third-order valence-corrected chi connectivity index (χ3v) is 5.65. The average molecular weight is 363 g/mol. The van der Waals surface area contributed by atoms with E-state index >= 15 is 0 Å². The first-order valence-corrected chi connectivity index (χ1v) is 9.84. The lowest BCUT2D eigenvalue weighted by Crippen LogP contribution is -2.46. The molecule has 1 aromatic rings. The van der Waals surface area contributed by atoms with Crippen LogP contribution < -0.4 is 10.1 Å². The van der Waals surface area contributed by atoms with Crippen LogP contribution >= 0.6 is 11.8 Å². The minimum Gasteiger partial charge on any atom is -0.496 e. The van der Waals surface area contributed by atoms with E-state index in [2.05, 4.69) is 5.32 Å². The van der Waals surface area contributed by atoms with Crippen LogP contribution in [0.1, 0.15) is 12.0 Å². The summed E-state index contributed by atoms with van der Waals surface area (Å²) < 4.78 is 5.33. The molecule has 3 rings (SSSR count). The standard InChI is InChI=1S/C18H25N3O3S/c1-24-16-6-3-2-5-14(16)11-17(22)20-7-4-8-21(10-9-20)18(23)15-12-25-13-19-15/h2-3,5-6,15,19H,4,7-13H2,1H3. The summed E-state index contributed by atoms with van der Waals surface area (Å²) in [6, 6.07) is 7.55.